The Morgan fingerprint density at radius 1 is 1.20 bits per heavy atom. The van der Waals surface area contributed by atoms with Crippen LogP contribution in [0.1, 0.15) is 68.3 Å². The second kappa shape index (κ2) is 8.54. The summed E-state index contributed by atoms with van der Waals surface area (Å²) in [6.45, 7) is 2.57. The fourth-order valence-electron chi connectivity index (χ4n) is 5.04. The van der Waals surface area contributed by atoms with E-state index in [1.807, 2.05) is 23.1 Å². The maximum absolute atomic E-state index is 14.0. The standard InChI is InChI=1S/C24H28FN3O2/c1-17(29)27-16-21-14-18(9-12-26-21)22-8-5-13-28(22)23(30)24(10-2-3-11-24)19-6-4-7-20(25)15-19/h4,6-7,9,12,14-15,22H,2-3,5,8,10-11,13,16H2,1H3,(H,27,29)/t22-/m0/s1. The van der Waals surface area contributed by atoms with Crippen molar-refractivity contribution in [3.63, 3.8) is 0 Å². The normalized spacial score (nSPS) is 20.3. The minimum Gasteiger partial charge on any atom is -0.351 e. The third-order valence-corrected chi connectivity index (χ3v) is 6.50. The molecule has 6 heteroatoms. The third-order valence-electron chi connectivity index (χ3n) is 6.50. The summed E-state index contributed by atoms with van der Waals surface area (Å²) in [6, 6.07) is 10.5. The molecule has 0 spiro atoms. The Morgan fingerprint density at radius 3 is 2.73 bits per heavy atom. The van der Waals surface area contributed by atoms with Crippen LogP contribution in [-0.4, -0.2) is 28.2 Å². The van der Waals surface area contributed by atoms with Crippen molar-refractivity contribution in [2.45, 2.75) is 63.5 Å². The zero-order chi connectivity index (χ0) is 21.1. The molecule has 1 aromatic heterocycles. The number of nitrogens with one attached hydrogen (secondary N) is 1. The van der Waals surface area contributed by atoms with Gasteiger partial charge in [-0.3, -0.25) is 14.6 Å². The Labute approximate surface area is 176 Å². The highest BCUT2D eigenvalue weighted by atomic mass is 19.1. The molecule has 1 aliphatic carbocycles. The van der Waals surface area contributed by atoms with Crippen LogP contribution in [0.25, 0.3) is 0 Å². The van der Waals surface area contributed by atoms with Gasteiger partial charge in [-0.25, -0.2) is 4.39 Å². The van der Waals surface area contributed by atoms with Gasteiger partial charge in [0.2, 0.25) is 11.8 Å². The first-order valence-corrected chi connectivity index (χ1v) is 10.8. The Bertz CT molecular complexity index is 940. The van der Waals surface area contributed by atoms with Gasteiger partial charge in [0.15, 0.2) is 0 Å². The first kappa shape index (κ1) is 20.5. The van der Waals surface area contributed by atoms with Gasteiger partial charge in [-0.1, -0.05) is 25.0 Å². The number of rotatable bonds is 5. The van der Waals surface area contributed by atoms with Crippen LogP contribution in [0, 0.1) is 5.82 Å². The van der Waals surface area contributed by atoms with Crippen molar-refractivity contribution < 1.29 is 14.0 Å². The molecular formula is C24H28FN3O2. The molecule has 0 radical (unpaired) electrons. The van der Waals surface area contributed by atoms with E-state index in [0.717, 1.165) is 55.3 Å². The molecule has 30 heavy (non-hydrogen) atoms. The summed E-state index contributed by atoms with van der Waals surface area (Å²) in [5.41, 5.74) is 2.00. The van der Waals surface area contributed by atoms with Crippen LogP contribution in [0.15, 0.2) is 42.6 Å². The minimum absolute atomic E-state index is 0.0115. The molecule has 0 unspecified atom stereocenters. The van der Waals surface area contributed by atoms with Crippen LogP contribution in [0.3, 0.4) is 0 Å². The topological polar surface area (TPSA) is 62.3 Å². The van der Waals surface area contributed by atoms with Crippen LogP contribution < -0.4 is 5.32 Å². The summed E-state index contributed by atoms with van der Waals surface area (Å²) in [4.78, 5) is 31.5. The van der Waals surface area contributed by atoms with Gasteiger partial charge in [-0.05, 0) is 61.1 Å². The number of carbonyl (C=O) groups excluding carboxylic acids is 2. The Hall–Kier alpha value is -2.76. The zero-order valence-corrected chi connectivity index (χ0v) is 17.4. The maximum Gasteiger partial charge on any atom is 0.233 e. The highest BCUT2D eigenvalue weighted by Gasteiger charge is 2.47. The summed E-state index contributed by atoms with van der Waals surface area (Å²) in [6.07, 6.45) is 7.08. The molecule has 0 bridgehead atoms. The predicted octanol–water partition coefficient (Wildman–Crippen LogP) is 4.03. The Balaban J connectivity index is 1.62. The quantitative estimate of drug-likeness (QED) is 0.811. The monoisotopic (exact) mass is 409 g/mol. The number of pyridine rings is 1. The first-order chi connectivity index (χ1) is 14.5. The summed E-state index contributed by atoms with van der Waals surface area (Å²) in [5, 5.41) is 2.77. The predicted molar refractivity (Wildman–Crippen MR) is 112 cm³/mol. The van der Waals surface area contributed by atoms with Crippen molar-refractivity contribution in [3.05, 3.63) is 65.2 Å². The maximum atomic E-state index is 14.0. The molecule has 1 N–H and O–H groups in total. The fraction of sp³-hybridized carbons (Fsp3) is 0.458. The van der Waals surface area contributed by atoms with Crippen molar-refractivity contribution in [3.8, 4) is 0 Å². The van der Waals surface area contributed by atoms with Crippen molar-refractivity contribution in [2.24, 2.45) is 0 Å². The molecule has 1 saturated heterocycles. The van der Waals surface area contributed by atoms with Crippen molar-refractivity contribution in [1.29, 1.82) is 0 Å². The minimum atomic E-state index is -0.628. The lowest BCUT2D eigenvalue weighted by Gasteiger charge is -2.36. The molecule has 1 aromatic carbocycles. The SMILES string of the molecule is CC(=O)NCc1cc([C@@H]2CCCN2C(=O)C2(c3cccc(F)c3)CCCC2)ccn1. The van der Waals surface area contributed by atoms with E-state index in [1.54, 1.807) is 12.3 Å². The number of hydrogen-bond donors (Lipinski definition) is 1. The lowest BCUT2D eigenvalue weighted by Crippen LogP contribution is -2.45. The zero-order valence-electron chi connectivity index (χ0n) is 17.4. The van der Waals surface area contributed by atoms with Crippen LogP contribution >= 0.6 is 0 Å². The molecule has 158 valence electrons. The molecule has 4 rings (SSSR count). The van der Waals surface area contributed by atoms with Crippen molar-refractivity contribution in [1.82, 2.24) is 15.2 Å². The average molecular weight is 410 g/mol. The van der Waals surface area contributed by atoms with E-state index in [1.165, 1.54) is 19.1 Å². The van der Waals surface area contributed by atoms with E-state index in [-0.39, 0.29) is 23.7 Å². The summed E-state index contributed by atoms with van der Waals surface area (Å²) in [5.74, 6) is -0.271. The lowest BCUT2D eigenvalue weighted by atomic mass is 9.77. The van der Waals surface area contributed by atoms with Gasteiger partial charge in [0, 0.05) is 19.7 Å². The largest absolute Gasteiger partial charge is 0.351 e. The molecule has 2 amide bonds. The van der Waals surface area contributed by atoms with Gasteiger partial charge in [-0.2, -0.15) is 0 Å². The van der Waals surface area contributed by atoms with E-state index >= 15 is 0 Å². The van der Waals surface area contributed by atoms with Crippen molar-refractivity contribution >= 4 is 11.8 Å². The number of carbonyl (C=O) groups is 2. The van der Waals surface area contributed by atoms with Gasteiger partial charge in [-0.15, -0.1) is 0 Å². The average Bonchev–Trinajstić information content (AvgIpc) is 3.42. The van der Waals surface area contributed by atoms with Gasteiger partial charge in [0.1, 0.15) is 5.82 Å². The van der Waals surface area contributed by atoms with Gasteiger partial charge in [0.05, 0.1) is 23.7 Å². The Morgan fingerprint density at radius 2 is 2.00 bits per heavy atom. The highest BCUT2D eigenvalue weighted by Crippen LogP contribution is 2.45. The molecule has 1 atom stereocenters. The molecular weight excluding hydrogens is 381 g/mol. The van der Waals surface area contributed by atoms with Gasteiger partial charge < -0.3 is 10.2 Å². The van der Waals surface area contributed by atoms with E-state index in [9.17, 15) is 14.0 Å². The van der Waals surface area contributed by atoms with E-state index in [2.05, 4.69) is 10.3 Å². The first-order valence-electron chi connectivity index (χ1n) is 10.8. The van der Waals surface area contributed by atoms with Gasteiger partial charge >= 0.3 is 0 Å². The number of nitrogens with zero attached hydrogens (tertiary/aromatic N) is 2. The van der Waals surface area contributed by atoms with E-state index in [4.69, 9.17) is 0 Å². The number of aromatic nitrogens is 1. The molecule has 2 fully saturated rings. The molecule has 2 aromatic rings. The molecule has 2 aliphatic rings. The fourth-order valence-corrected chi connectivity index (χ4v) is 5.04. The van der Waals surface area contributed by atoms with Crippen LogP contribution in [0.4, 0.5) is 4.39 Å². The summed E-state index contributed by atoms with van der Waals surface area (Å²) in [7, 11) is 0. The molecule has 5 nitrogen and oxygen atoms in total. The van der Waals surface area contributed by atoms with Crippen LogP contribution in [0.5, 0.6) is 0 Å². The third kappa shape index (κ3) is 3.95. The number of halogens is 1. The summed E-state index contributed by atoms with van der Waals surface area (Å²) < 4.78 is 14.0. The van der Waals surface area contributed by atoms with Crippen LogP contribution in [0.2, 0.25) is 0 Å². The molecule has 1 aliphatic heterocycles. The smallest absolute Gasteiger partial charge is 0.233 e. The summed E-state index contributed by atoms with van der Waals surface area (Å²) >= 11 is 0. The number of benzene rings is 1. The second-order valence-corrected chi connectivity index (χ2v) is 8.45. The number of hydrogen-bond acceptors (Lipinski definition) is 3. The second-order valence-electron chi connectivity index (χ2n) is 8.45. The molecule has 2 heterocycles. The van der Waals surface area contributed by atoms with Crippen molar-refractivity contribution in [2.75, 3.05) is 6.54 Å². The Kier molecular flexibility index (Phi) is 5.84. The number of amides is 2. The van der Waals surface area contributed by atoms with Crippen LogP contribution in [-0.2, 0) is 21.5 Å². The highest BCUT2D eigenvalue weighted by molar-refractivity contribution is 5.89. The van der Waals surface area contributed by atoms with E-state index < -0.39 is 5.41 Å². The lowest BCUT2D eigenvalue weighted by molar-refractivity contribution is -0.138. The van der Waals surface area contributed by atoms with E-state index in [0.29, 0.717) is 13.1 Å². The number of likely N-dealkylation sites (tertiary alicyclic amines) is 1. The molecule has 1 saturated carbocycles. The van der Waals surface area contributed by atoms with Gasteiger partial charge in [0.25, 0.3) is 0 Å².